The minimum Gasteiger partial charge on any atom is -0.368 e. The Labute approximate surface area is 154 Å². The van der Waals surface area contributed by atoms with E-state index in [0.29, 0.717) is 25.6 Å². The molecule has 0 unspecified atom stereocenters. The van der Waals surface area contributed by atoms with E-state index in [2.05, 4.69) is 10.2 Å². The Hall–Kier alpha value is -0.790. The predicted octanol–water partition coefficient (Wildman–Crippen LogP) is 0.567. The van der Waals surface area contributed by atoms with Crippen LogP contribution in [0.2, 0.25) is 0 Å². The predicted molar refractivity (Wildman–Crippen MR) is 97.5 cm³/mol. The highest BCUT2D eigenvalue weighted by atomic mass is 32.2. The number of hydrogen-bond acceptors (Lipinski definition) is 5. The molecular formula is C18H29N3O3S. The van der Waals surface area contributed by atoms with E-state index < -0.39 is 0 Å². The quantitative estimate of drug-likeness (QED) is 0.787. The SMILES string of the molecule is CNC(=O)[C@@H]1COC2(CN(C(=O)C3CCSCC3)C2)CN1CC1CC1. The summed E-state index contributed by atoms with van der Waals surface area (Å²) in [4.78, 5) is 29.1. The molecule has 1 N–H and O–H groups in total. The Morgan fingerprint density at radius 3 is 2.52 bits per heavy atom. The van der Waals surface area contributed by atoms with Gasteiger partial charge in [-0.1, -0.05) is 0 Å². The summed E-state index contributed by atoms with van der Waals surface area (Å²) in [7, 11) is 1.69. The van der Waals surface area contributed by atoms with E-state index in [1.165, 1.54) is 12.8 Å². The molecule has 1 atom stereocenters. The molecule has 3 aliphatic heterocycles. The zero-order valence-corrected chi connectivity index (χ0v) is 15.9. The number of nitrogens with zero attached hydrogens (tertiary/aromatic N) is 2. The van der Waals surface area contributed by atoms with Crippen LogP contribution in [0.15, 0.2) is 0 Å². The third-order valence-corrected chi connectivity index (χ3v) is 7.11. The molecular weight excluding hydrogens is 338 g/mol. The number of nitrogens with one attached hydrogen (secondary N) is 1. The average Bonchev–Trinajstić information content (AvgIpc) is 3.43. The van der Waals surface area contributed by atoms with Crippen molar-refractivity contribution in [2.45, 2.75) is 37.3 Å². The molecule has 7 heteroatoms. The standard InChI is InChI=1S/C18H29N3O3S/c1-19-16(22)15-9-24-18(10-20(15)8-13-2-3-13)11-21(12-18)17(23)14-4-6-25-7-5-14/h13-15H,2-12H2,1H3,(H,19,22)/t15-/m0/s1. The van der Waals surface area contributed by atoms with Crippen LogP contribution < -0.4 is 5.32 Å². The summed E-state index contributed by atoms with van der Waals surface area (Å²) in [6, 6.07) is -0.184. The second kappa shape index (κ2) is 7.08. The molecule has 1 spiro atoms. The van der Waals surface area contributed by atoms with Crippen molar-refractivity contribution in [2.24, 2.45) is 11.8 Å². The maximum atomic E-state index is 12.7. The number of hydrogen-bond donors (Lipinski definition) is 1. The molecule has 0 aromatic heterocycles. The van der Waals surface area contributed by atoms with E-state index in [-0.39, 0.29) is 23.5 Å². The van der Waals surface area contributed by atoms with Crippen molar-refractivity contribution in [2.75, 3.05) is 51.3 Å². The fourth-order valence-corrected chi connectivity index (χ4v) is 5.42. The summed E-state index contributed by atoms with van der Waals surface area (Å²) in [5, 5.41) is 2.76. The molecule has 3 saturated heterocycles. The highest BCUT2D eigenvalue weighted by Gasteiger charge is 2.53. The van der Waals surface area contributed by atoms with Crippen LogP contribution in [-0.2, 0) is 14.3 Å². The lowest BCUT2D eigenvalue weighted by molar-refractivity contribution is -0.206. The third kappa shape index (κ3) is 3.69. The maximum Gasteiger partial charge on any atom is 0.239 e. The zero-order chi connectivity index (χ0) is 17.4. The van der Waals surface area contributed by atoms with E-state index in [0.717, 1.165) is 43.4 Å². The van der Waals surface area contributed by atoms with E-state index in [1.54, 1.807) is 7.05 Å². The lowest BCUT2D eigenvalue weighted by atomic mass is 9.88. The summed E-state index contributed by atoms with van der Waals surface area (Å²) in [5.41, 5.74) is -0.251. The first-order chi connectivity index (χ1) is 12.1. The fourth-order valence-electron chi connectivity index (χ4n) is 4.32. The number of likely N-dealkylation sites (tertiary alicyclic amines) is 1. The second-order valence-corrected chi connectivity index (χ2v) is 9.30. The van der Waals surface area contributed by atoms with Gasteiger partial charge < -0.3 is 15.0 Å². The van der Waals surface area contributed by atoms with Gasteiger partial charge in [-0.25, -0.2) is 0 Å². The zero-order valence-electron chi connectivity index (χ0n) is 15.0. The Morgan fingerprint density at radius 2 is 1.88 bits per heavy atom. The average molecular weight is 368 g/mol. The van der Waals surface area contributed by atoms with Crippen LogP contribution >= 0.6 is 11.8 Å². The van der Waals surface area contributed by atoms with Crippen molar-refractivity contribution >= 4 is 23.6 Å². The minimum absolute atomic E-state index is 0.0439. The first kappa shape index (κ1) is 17.6. The maximum absolute atomic E-state index is 12.7. The molecule has 4 fully saturated rings. The number of likely N-dealkylation sites (N-methyl/N-ethyl adjacent to an activating group) is 1. The minimum atomic E-state index is -0.251. The summed E-state index contributed by atoms with van der Waals surface area (Å²) >= 11 is 1.95. The largest absolute Gasteiger partial charge is 0.368 e. The van der Waals surface area contributed by atoms with Gasteiger partial charge in [0.05, 0.1) is 19.7 Å². The first-order valence-corrected chi connectivity index (χ1v) is 10.7. The van der Waals surface area contributed by atoms with Crippen LogP contribution in [0, 0.1) is 11.8 Å². The Balaban J connectivity index is 1.35. The molecule has 4 rings (SSSR count). The fraction of sp³-hybridized carbons (Fsp3) is 0.889. The molecule has 25 heavy (non-hydrogen) atoms. The van der Waals surface area contributed by atoms with Gasteiger partial charge in [-0.15, -0.1) is 0 Å². The number of morpholine rings is 1. The number of ether oxygens (including phenoxy) is 1. The number of amides is 2. The van der Waals surface area contributed by atoms with Crippen molar-refractivity contribution in [3.8, 4) is 0 Å². The van der Waals surface area contributed by atoms with Crippen molar-refractivity contribution in [3.63, 3.8) is 0 Å². The Kier molecular flexibility index (Phi) is 4.99. The van der Waals surface area contributed by atoms with Crippen LogP contribution in [0.1, 0.15) is 25.7 Å². The second-order valence-electron chi connectivity index (χ2n) is 8.08. The number of carbonyl (C=O) groups is 2. The van der Waals surface area contributed by atoms with Gasteiger partial charge in [0, 0.05) is 26.1 Å². The van der Waals surface area contributed by atoms with Gasteiger partial charge in [0.15, 0.2) is 0 Å². The molecule has 0 radical (unpaired) electrons. The van der Waals surface area contributed by atoms with Gasteiger partial charge in [0.1, 0.15) is 11.6 Å². The summed E-state index contributed by atoms with van der Waals surface area (Å²) in [5.74, 6) is 3.52. The molecule has 0 bridgehead atoms. The van der Waals surface area contributed by atoms with Gasteiger partial charge in [-0.3, -0.25) is 14.5 Å². The highest BCUT2D eigenvalue weighted by Crippen LogP contribution is 2.37. The molecule has 0 aromatic rings. The molecule has 140 valence electrons. The van der Waals surface area contributed by atoms with Crippen molar-refractivity contribution < 1.29 is 14.3 Å². The summed E-state index contributed by atoms with van der Waals surface area (Å²) in [6.45, 7) is 3.57. The Morgan fingerprint density at radius 1 is 1.16 bits per heavy atom. The number of thioether (sulfide) groups is 1. The number of rotatable bonds is 4. The van der Waals surface area contributed by atoms with Crippen molar-refractivity contribution in [1.82, 2.24) is 15.1 Å². The third-order valence-electron chi connectivity index (χ3n) is 6.06. The van der Waals surface area contributed by atoms with Gasteiger partial charge in [-0.05, 0) is 43.1 Å². The van der Waals surface area contributed by atoms with Gasteiger partial charge >= 0.3 is 0 Å². The highest BCUT2D eigenvalue weighted by molar-refractivity contribution is 7.99. The smallest absolute Gasteiger partial charge is 0.239 e. The van der Waals surface area contributed by atoms with Crippen molar-refractivity contribution in [1.29, 1.82) is 0 Å². The van der Waals surface area contributed by atoms with Crippen molar-refractivity contribution in [3.05, 3.63) is 0 Å². The number of carbonyl (C=O) groups excluding carboxylic acids is 2. The van der Waals surface area contributed by atoms with E-state index >= 15 is 0 Å². The monoisotopic (exact) mass is 367 g/mol. The topological polar surface area (TPSA) is 61.9 Å². The molecule has 1 saturated carbocycles. The van der Waals surface area contributed by atoms with Gasteiger partial charge in [0.25, 0.3) is 0 Å². The van der Waals surface area contributed by atoms with Crippen LogP contribution in [0.25, 0.3) is 0 Å². The first-order valence-electron chi connectivity index (χ1n) is 9.56. The Bertz CT molecular complexity index is 528. The molecule has 1 aliphatic carbocycles. The summed E-state index contributed by atoms with van der Waals surface area (Å²) in [6.07, 6.45) is 4.57. The molecule has 2 amide bonds. The van der Waals surface area contributed by atoms with Gasteiger partial charge in [-0.2, -0.15) is 11.8 Å². The van der Waals surface area contributed by atoms with E-state index in [1.807, 2.05) is 16.7 Å². The van der Waals surface area contributed by atoms with E-state index in [4.69, 9.17) is 4.74 Å². The van der Waals surface area contributed by atoms with Crippen LogP contribution in [0.3, 0.4) is 0 Å². The molecule has 3 heterocycles. The van der Waals surface area contributed by atoms with Gasteiger partial charge in [0.2, 0.25) is 11.8 Å². The lowest BCUT2D eigenvalue weighted by Gasteiger charge is -2.56. The van der Waals surface area contributed by atoms with Crippen LogP contribution in [0.5, 0.6) is 0 Å². The lowest BCUT2D eigenvalue weighted by Crippen LogP contribution is -2.74. The van der Waals surface area contributed by atoms with E-state index in [9.17, 15) is 9.59 Å². The molecule has 4 aliphatic rings. The molecule has 6 nitrogen and oxygen atoms in total. The summed E-state index contributed by atoms with van der Waals surface area (Å²) < 4.78 is 6.14. The molecule has 0 aromatic carbocycles. The normalized spacial score (nSPS) is 30.1. The van der Waals surface area contributed by atoms with Crippen LogP contribution in [0.4, 0.5) is 0 Å². The van der Waals surface area contributed by atoms with Crippen LogP contribution in [-0.4, -0.2) is 84.6 Å².